The maximum Gasteiger partial charge on any atom is 0.283 e. The molecule has 394 valence electrons. The van der Waals surface area contributed by atoms with E-state index in [-0.39, 0.29) is 29.3 Å². The second-order valence-electron chi connectivity index (χ2n) is 16.7. The predicted molar refractivity (Wildman–Crippen MR) is 299 cm³/mol. The van der Waals surface area contributed by atoms with Crippen molar-refractivity contribution in [1.29, 1.82) is 0 Å². The van der Waals surface area contributed by atoms with E-state index in [1.807, 2.05) is 30.3 Å². The van der Waals surface area contributed by atoms with Crippen LogP contribution < -0.4 is 21.7 Å². The molecule has 0 spiro atoms. The molecule has 22 nitrogen and oxygen atoms in total. The number of anilines is 4. The van der Waals surface area contributed by atoms with Gasteiger partial charge in [-0.2, -0.15) is 0 Å². The number of hydrogen-bond donors (Lipinski definition) is 4. The molecule has 0 atom stereocenters. The number of carbonyl (C=O) groups excluding carboxylic acids is 3. The minimum absolute atomic E-state index is 0.0812. The summed E-state index contributed by atoms with van der Waals surface area (Å²) in [7, 11) is 0. The van der Waals surface area contributed by atoms with Gasteiger partial charge < -0.3 is 48.2 Å². The number of furan rings is 3. The lowest BCUT2D eigenvalue weighted by Gasteiger charge is -2.06. The number of nitro groups is 1. The molecule has 0 aliphatic heterocycles. The highest BCUT2D eigenvalue weighted by Gasteiger charge is 2.18. The lowest BCUT2D eigenvalue weighted by atomic mass is 10.1. The van der Waals surface area contributed by atoms with E-state index in [1.165, 1.54) is 36.8 Å². The fraction of sp³-hybridized carbons (Fsp3) is 0. The number of nitrogens with zero attached hydrogens (tertiary/aromatic N) is 7. The highest BCUT2D eigenvalue weighted by molar-refractivity contribution is 14.1. The Labute approximate surface area is 465 Å². The molecule has 0 radical (unpaired) electrons. The van der Waals surface area contributed by atoms with Crippen LogP contribution in [-0.2, 0) is 0 Å². The number of nitrogen functional groups attached to an aromatic ring is 1. The van der Waals surface area contributed by atoms with Crippen LogP contribution in [0, 0.1) is 13.7 Å². The van der Waals surface area contributed by atoms with Crippen molar-refractivity contribution in [2.45, 2.75) is 0 Å². The summed E-state index contributed by atoms with van der Waals surface area (Å²) in [6.45, 7) is 0. The summed E-state index contributed by atoms with van der Waals surface area (Å²) in [6.07, 6.45) is 4.58. The number of aromatic nitrogens is 6. The fourth-order valence-corrected chi connectivity index (χ4v) is 7.65. The van der Waals surface area contributed by atoms with Crippen LogP contribution in [0.1, 0.15) is 31.1 Å². The van der Waals surface area contributed by atoms with Crippen LogP contribution in [0.15, 0.2) is 227 Å². The second kappa shape index (κ2) is 24.3. The van der Waals surface area contributed by atoms with Crippen LogP contribution in [0.5, 0.6) is 0 Å². The number of rotatable bonds is 13. The summed E-state index contributed by atoms with van der Waals surface area (Å²) in [5.74, 6) is 2.46. The Morgan fingerprint density at radius 1 is 0.425 bits per heavy atom. The zero-order chi connectivity index (χ0) is 55.4. The number of non-ortho nitro benzene ring substituents is 1. The first-order valence-corrected chi connectivity index (χ1v) is 24.8. The molecule has 0 fully saturated rings. The molecular formula is C57H38IN11O11. The molecule has 3 amide bonds. The highest BCUT2D eigenvalue weighted by atomic mass is 127. The first-order chi connectivity index (χ1) is 39.0. The van der Waals surface area contributed by atoms with Crippen molar-refractivity contribution >= 4 is 68.7 Å². The molecule has 5 N–H and O–H groups in total. The van der Waals surface area contributed by atoms with Gasteiger partial charge in [0.2, 0.25) is 17.7 Å². The van der Waals surface area contributed by atoms with E-state index in [1.54, 1.807) is 134 Å². The van der Waals surface area contributed by atoms with Gasteiger partial charge in [0.25, 0.3) is 41.1 Å². The number of carbonyl (C=O) groups is 3. The van der Waals surface area contributed by atoms with Gasteiger partial charge in [0.1, 0.15) is 0 Å². The summed E-state index contributed by atoms with van der Waals surface area (Å²) in [6, 6.07) is 51.1. The molecule has 0 bridgehead atoms. The van der Waals surface area contributed by atoms with Crippen LogP contribution >= 0.6 is 22.6 Å². The molecule has 0 unspecified atom stereocenters. The molecule has 0 saturated heterocycles. The molecule has 23 heteroatoms. The number of nitrogens with one attached hydrogen (secondary N) is 3. The summed E-state index contributed by atoms with van der Waals surface area (Å²) >= 11 is 2.20. The maximum atomic E-state index is 12.4. The minimum atomic E-state index is -0.521. The van der Waals surface area contributed by atoms with Gasteiger partial charge >= 0.3 is 0 Å². The van der Waals surface area contributed by atoms with E-state index in [4.69, 9.17) is 32.2 Å². The minimum Gasteiger partial charge on any atom is -0.459 e. The van der Waals surface area contributed by atoms with Gasteiger partial charge in [0, 0.05) is 71.8 Å². The molecule has 12 aromatic rings. The Morgan fingerprint density at radius 3 is 1.07 bits per heavy atom. The summed E-state index contributed by atoms with van der Waals surface area (Å²) < 4.78 is 33.7. The van der Waals surface area contributed by atoms with Crippen molar-refractivity contribution in [2.24, 2.45) is 0 Å². The topological polar surface area (TPSA) is 313 Å². The lowest BCUT2D eigenvalue weighted by Crippen LogP contribution is -2.11. The number of hydrogen-bond acceptors (Lipinski definition) is 18. The summed E-state index contributed by atoms with van der Waals surface area (Å²) in [4.78, 5) is 47.2. The smallest absolute Gasteiger partial charge is 0.283 e. The van der Waals surface area contributed by atoms with E-state index in [0.29, 0.717) is 97.0 Å². The quantitative estimate of drug-likeness (QED) is 0.0361. The molecule has 6 aromatic heterocycles. The van der Waals surface area contributed by atoms with Crippen molar-refractivity contribution in [1.82, 2.24) is 30.6 Å². The third-order valence-corrected chi connectivity index (χ3v) is 11.9. The zero-order valence-electron chi connectivity index (χ0n) is 41.1. The standard InChI is InChI=1S/C19H12IN3O3.C19H12N4O5.C19H14N4O3/c20-14-8-6-12(7-9-14)17(24)21-15-4-1-3-13(11-15)18-22-23-19(26-18)16-5-2-10-25-16;24-17(12-6-8-15(9-7-12)23(25)26)20-14-4-1-3-13(11-14)18-21-22-19(28-18)16-5-2-10-27-16;20-14-8-6-12(7-9-14)17(24)21-15-4-1-3-13(11-15)18-22-23-19(26-18)16-5-2-10-25-16/h1-11H,(H,21,24);1-11H,(H,20,24);1-11H,20H2,(H,21,24). The van der Waals surface area contributed by atoms with Crippen LogP contribution in [-0.4, -0.2) is 53.2 Å². The van der Waals surface area contributed by atoms with E-state index >= 15 is 0 Å². The molecule has 0 aliphatic rings. The largest absolute Gasteiger partial charge is 0.459 e. The average molecular weight is 1180 g/mol. The Bertz CT molecular complexity index is 3880. The van der Waals surface area contributed by atoms with E-state index in [9.17, 15) is 24.5 Å². The zero-order valence-corrected chi connectivity index (χ0v) is 43.3. The van der Waals surface area contributed by atoms with Crippen LogP contribution in [0.3, 0.4) is 0 Å². The van der Waals surface area contributed by atoms with E-state index in [0.717, 1.165) is 3.57 Å². The van der Waals surface area contributed by atoms with Crippen LogP contribution in [0.25, 0.3) is 69.3 Å². The monoisotopic (exact) mass is 1180 g/mol. The highest BCUT2D eigenvalue weighted by Crippen LogP contribution is 2.30. The number of amides is 3. The normalized spacial score (nSPS) is 10.6. The first-order valence-electron chi connectivity index (χ1n) is 23.7. The number of benzene rings is 6. The average Bonchev–Trinajstić information content (AvgIpc) is 4.35. The van der Waals surface area contributed by atoms with E-state index in [2.05, 4.69) is 69.1 Å². The van der Waals surface area contributed by atoms with Gasteiger partial charge in [-0.25, -0.2) is 0 Å². The van der Waals surface area contributed by atoms with Crippen molar-refractivity contribution in [3.63, 3.8) is 0 Å². The summed E-state index contributed by atoms with van der Waals surface area (Å²) in [5.41, 5.74) is 11.3. The number of nitro benzene ring substituents is 1. The summed E-state index contributed by atoms with van der Waals surface area (Å²) in [5, 5.41) is 43.1. The molecule has 6 aromatic carbocycles. The first kappa shape index (κ1) is 52.4. The Kier molecular flexibility index (Phi) is 15.9. The number of nitrogens with two attached hydrogens (primary N) is 1. The molecule has 12 rings (SSSR count). The Hall–Kier alpha value is -11.1. The molecule has 6 heterocycles. The second-order valence-corrected chi connectivity index (χ2v) is 18.0. The van der Waals surface area contributed by atoms with Gasteiger partial charge in [0.15, 0.2) is 17.3 Å². The molecule has 0 saturated carbocycles. The number of halogens is 1. The van der Waals surface area contributed by atoms with Gasteiger partial charge in [-0.05, 0) is 174 Å². The lowest BCUT2D eigenvalue weighted by molar-refractivity contribution is -0.384. The van der Waals surface area contributed by atoms with Crippen molar-refractivity contribution in [3.8, 4) is 69.3 Å². The van der Waals surface area contributed by atoms with Gasteiger partial charge in [-0.3, -0.25) is 24.5 Å². The fourth-order valence-electron chi connectivity index (χ4n) is 7.29. The predicted octanol–water partition coefficient (Wildman–Crippen LogP) is 12.8. The van der Waals surface area contributed by atoms with Crippen LogP contribution in [0.2, 0.25) is 0 Å². The van der Waals surface area contributed by atoms with Crippen LogP contribution in [0.4, 0.5) is 28.4 Å². The molecule has 80 heavy (non-hydrogen) atoms. The van der Waals surface area contributed by atoms with Crippen molar-refractivity contribution in [2.75, 3.05) is 21.7 Å². The maximum absolute atomic E-state index is 12.4. The van der Waals surface area contributed by atoms with E-state index < -0.39 is 10.8 Å². The Morgan fingerprint density at radius 2 is 0.750 bits per heavy atom. The molecule has 0 aliphatic carbocycles. The van der Waals surface area contributed by atoms with Gasteiger partial charge in [-0.15, -0.1) is 30.6 Å². The van der Waals surface area contributed by atoms with Gasteiger partial charge in [0.05, 0.1) is 23.7 Å². The third kappa shape index (κ3) is 13.1. The van der Waals surface area contributed by atoms with Crippen molar-refractivity contribution < 1.29 is 45.8 Å². The SMILES string of the molecule is Nc1ccc(C(=O)Nc2cccc(-c3nnc(-c4ccco4)o3)c2)cc1.O=C(Nc1cccc(-c2nnc(-c3ccco3)o2)c1)c1ccc(I)cc1.O=C(Nc1cccc(-c2nnc(-c3ccco3)o2)c1)c1ccc([N+](=O)[O-])cc1. The Balaban J connectivity index is 0.000000135. The third-order valence-electron chi connectivity index (χ3n) is 11.2. The molecular weight excluding hydrogens is 1140 g/mol. The van der Waals surface area contributed by atoms with Crippen molar-refractivity contribution in [3.05, 3.63) is 231 Å². The van der Waals surface area contributed by atoms with Gasteiger partial charge in [-0.1, -0.05) is 18.2 Å².